The van der Waals surface area contributed by atoms with E-state index in [0.29, 0.717) is 26.2 Å². The summed E-state index contributed by atoms with van der Waals surface area (Å²) in [5.41, 5.74) is 5.67. The molecule has 2 aliphatic rings. The van der Waals surface area contributed by atoms with E-state index in [2.05, 4.69) is 21.1 Å². The highest BCUT2D eigenvalue weighted by molar-refractivity contribution is 5.91. The van der Waals surface area contributed by atoms with Crippen LogP contribution in [-0.2, 0) is 18.2 Å². The molecule has 0 unspecified atom stereocenters. The lowest BCUT2D eigenvalue weighted by Crippen LogP contribution is -2.49. The Labute approximate surface area is 163 Å². The van der Waals surface area contributed by atoms with Gasteiger partial charge in [0.2, 0.25) is 0 Å². The van der Waals surface area contributed by atoms with Crippen molar-refractivity contribution in [2.24, 2.45) is 7.05 Å². The lowest BCUT2D eigenvalue weighted by Gasteiger charge is -2.36. The van der Waals surface area contributed by atoms with E-state index in [-0.39, 0.29) is 6.61 Å². The van der Waals surface area contributed by atoms with E-state index in [9.17, 15) is 9.18 Å². The molecular weight excluding hydrogens is 361 g/mol. The standard InChI is InChI=1S/C20H24FN5O2/c1-14(21)13-28-20(27)26-7-5-25(6-8-26)19-3-4-22-18-10-15(9-17(18)19)16-11-23-24(2)12-16/h3-4,9,11-12,14H,5-8,10,13H2,1-2H3/t14-/m1/s1. The Balaban J connectivity index is 1.45. The summed E-state index contributed by atoms with van der Waals surface area (Å²) in [4.78, 5) is 20.5. The summed E-state index contributed by atoms with van der Waals surface area (Å²) in [6.07, 6.45) is 7.13. The van der Waals surface area contributed by atoms with Gasteiger partial charge in [-0.05, 0) is 24.6 Å². The van der Waals surface area contributed by atoms with E-state index < -0.39 is 12.3 Å². The van der Waals surface area contributed by atoms with E-state index in [4.69, 9.17) is 4.74 Å². The first kappa shape index (κ1) is 18.5. The van der Waals surface area contributed by atoms with Crippen LogP contribution < -0.4 is 4.90 Å². The number of aromatic nitrogens is 3. The fourth-order valence-corrected chi connectivity index (χ4v) is 3.66. The van der Waals surface area contributed by atoms with Gasteiger partial charge in [0.25, 0.3) is 0 Å². The highest BCUT2D eigenvalue weighted by Crippen LogP contribution is 2.36. The fourth-order valence-electron chi connectivity index (χ4n) is 3.66. The molecule has 2 aromatic heterocycles. The molecule has 7 nitrogen and oxygen atoms in total. The molecule has 1 aliphatic heterocycles. The molecule has 1 aliphatic carbocycles. The number of ether oxygens (including phenoxy) is 1. The number of hydrogen-bond donors (Lipinski definition) is 0. The summed E-state index contributed by atoms with van der Waals surface area (Å²) in [6, 6.07) is 2.03. The van der Waals surface area contributed by atoms with Gasteiger partial charge < -0.3 is 14.5 Å². The molecule has 4 rings (SSSR count). The number of rotatable bonds is 4. The Morgan fingerprint density at radius 2 is 2.11 bits per heavy atom. The maximum atomic E-state index is 12.9. The molecule has 0 spiro atoms. The van der Waals surface area contributed by atoms with Crippen LogP contribution in [0.5, 0.6) is 0 Å². The minimum absolute atomic E-state index is 0.196. The maximum absolute atomic E-state index is 12.9. The summed E-state index contributed by atoms with van der Waals surface area (Å²) in [5, 5.41) is 4.26. The van der Waals surface area contributed by atoms with E-state index in [1.165, 1.54) is 12.5 Å². The average Bonchev–Trinajstić information content (AvgIpc) is 3.32. The molecular formula is C20H24FN5O2. The smallest absolute Gasteiger partial charge is 0.409 e. The highest BCUT2D eigenvalue weighted by atomic mass is 19.1. The topological polar surface area (TPSA) is 63.5 Å². The third-order valence-electron chi connectivity index (χ3n) is 5.12. The van der Waals surface area contributed by atoms with Crippen molar-refractivity contribution in [2.75, 3.05) is 37.7 Å². The van der Waals surface area contributed by atoms with E-state index in [1.54, 1.807) is 9.58 Å². The van der Waals surface area contributed by atoms with Crippen molar-refractivity contribution in [3.05, 3.63) is 41.5 Å². The molecule has 0 N–H and O–H groups in total. The first-order valence-corrected chi connectivity index (χ1v) is 9.49. The Hall–Kier alpha value is -2.90. The number of hydrogen-bond acceptors (Lipinski definition) is 5. The second-order valence-corrected chi connectivity index (χ2v) is 7.27. The van der Waals surface area contributed by atoms with Gasteiger partial charge in [0.15, 0.2) is 0 Å². The number of carbonyl (C=O) groups is 1. The molecule has 2 aromatic rings. The maximum Gasteiger partial charge on any atom is 0.409 e. The summed E-state index contributed by atoms with van der Waals surface area (Å²) in [6.45, 7) is 3.69. The van der Waals surface area contributed by atoms with Crippen LogP contribution in [0.3, 0.4) is 0 Å². The van der Waals surface area contributed by atoms with Crippen molar-refractivity contribution in [1.29, 1.82) is 0 Å². The van der Waals surface area contributed by atoms with Crippen LogP contribution in [0.25, 0.3) is 11.6 Å². The molecule has 0 radical (unpaired) electrons. The van der Waals surface area contributed by atoms with Crippen LogP contribution in [0.1, 0.15) is 23.7 Å². The predicted molar refractivity (Wildman–Crippen MR) is 105 cm³/mol. The quantitative estimate of drug-likeness (QED) is 0.809. The number of carbonyl (C=O) groups excluding carboxylic acids is 1. The molecule has 0 bridgehead atoms. The Kier molecular flexibility index (Phi) is 5.02. The van der Waals surface area contributed by atoms with Crippen molar-refractivity contribution >= 4 is 23.4 Å². The number of fused-ring (bicyclic) bond motifs is 1. The van der Waals surface area contributed by atoms with E-state index >= 15 is 0 Å². The van der Waals surface area contributed by atoms with Crippen molar-refractivity contribution in [3.63, 3.8) is 0 Å². The zero-order valence-electron chi connectivity index (χ0n) is 16.1. The first-order valence-electron chi connectivity index (χ1n) is 9.49. The number of anilines is 1. The van der Waals surface area contributed by atoms with Crippen molar-refractivity contribution in [2.45, 2.75) is 19.5 Å². The van der Waals surface area contributed by atoms with Crippen LogP contribution in [0.15, 0.2) is 24.7 Å². The molecule has 1 fully saturated rings. The van der Waals surface area contributed by atoms with Gasteiger partial charge in [-0.15, -0.1) is 0 Å². The molecule has 148 valence electrons. The summed E-state index contributed by atoms with van der Waals surface area (Å²) < 4.78 is 19.7. The van der Waals surface area contributed by atoms with Gasteiger partial charge in [-0.25, -0.2) is 9.18 Å². The average molecular weight is 385 g/mol. The van der Waals surface area contributed by atoms with Gasteiger partial charge in [0, 0.05) is 68.9 Å². The molecule has 1 atom stereocenters. The largest absolute Gasteiger partial charge is 0.446 e. The number of pyridine rings is 1. The SMILES string of the molecule is C[C@@H](F)COC(=O)N1CCN(c2ccnc3c2C=C(c2cnn(C)c2)C3)CC1. The number of allylic oxidation sites excluding steroid dienone is 1. The molecule has 8 heteroatoms. The Morgan fingerprint density at radius 1 is 1.32 bits per heavy atom. The number of halogens is 1. The minimum atomic E-state index is -1.15. The predicted octanol–water partition coefficient (Wildman–Crippen LogP) is 2.53. The number of piperazine rings is 1. The zero-order chi connectivity index (χ0) is 19.7. The minimum Gasteiger partial charge on any atom is -0.446 e. The van der Waals surface area contributed by atoms with Gasteiger partial charge in [-0.3, -0.25) is 9.67 Å². The van der Waals surface area contributed by atoms with Gasteiger partial charge in [-0.1, -0.05) is 0 Å². The second kappa shape index (κ2) is 7.61. The van der Waals surface area contributed by atoms with Gasteiger partial charge >= 0.3 is 6.09 Å². The van der Waals surface area contributed by atoms with E-state index in [1.807, 2.05) is 31.7 Å². The Morgan fingerprint density at radius 3 is 2.79 bits per heavy atom. The number of alkyl halides is 1. The number of nitrogens with zero attached hydrogens (tertiary/aromatic N) is 5. The van der Waals surface area contributed by atoms with Crippen LogP contribution in [-0.4, -0.2) is 64.7 Å². The monoisotopic (exact) mass is 385 g/mol. The third-order valence-corrected chi connectivity index (χ3v) is 5.12. The van der Waals surface area contributed by atoms with Crippen molar-refractivity contribution in [3.8, 4) is 0 Å². The summed E-state index contributed by atoms with van der Waals surface area (Å²) in [5.74, 6) is 0. The third kappa shape index (κ3) is 3.72. The van der Waals surface area contributed by atoms with Crippen molar-refractivity contribution in [1.82, 2.24) is 19.7 Å². The zero-order valence-corrected chi connectivity index (χ0v) is 16.1. The van der Waals surface area contributed by atoms with Gasteiger partial charge in [0.1, 0.15) is 12.8 Å². The fraction of sp³-hybridized carbons (Fsp3) is 0.450. The number of aryl methyl sites for hydroxylation is 1. The van der Waals surface area contributed by atoms with Gasteiger partial charge in [-0.2, -0.15) is 5.10 Å². The molecule has 3 heterocycles. The lowest BCUT2D eigenvalue weighted by molar-refractivity contribution is 0.0798. The number of amides is 1. The van der Waals surface area contributed by atoms with Crippen LogP contribution in [0.4, 0.5) is 14.9 Å². The van der Waals surface area contributed by atoms with Crippen LogP contribution >= 0.6 is 0 Å². The normalized spacial score (nSPS) is 17.3. The summed E-state index contributed by atoms with van der Waals surface area (Å²) in [7, 11) is 1.91. The van der Waals surface area contributed by atoms with Crippen LogP contribution in [0, 0.1) is 0 Å². The van der Waals surface area contributed by atoms with Crippen LogP contribution in [0.2, 0.25) is 0 Å². The molecule has 0 aromatic carbocycles. The summed E-state index contributed by atoms with van der Waals surface area (Å²) >= 11 is 0. The Bertz CT molecular complexity index is 900. The second-order valence-electron chi connectivity index (χ2n) is 7.27. The highest BCUT2D eigenvalue weighted by Gasteiger charge is 2.26. The van der Waals surface area contributed by atoms with Crippen molar-refractivity contribution < 1.29 is 13.9 Å². The van der Waals surface area contributed by atoms with E-state index in [0.717, 1.165) is 28.9 Å². The molecule has 1 saturated heterocycles. The lowest BCUT2D eigenvalue weighted by atomic mass is 10.1. The molecule has 1 amide bonds. The first-order chi connectivity index (χ1) is 13.5. The van der Waals surface area contributed by atoms with Gasteiger partial charge in [0.05, 0.1) is 11.9 Å². The molecule has 0 saturated carbocycles. The molecule has 28 heavy (non-hydrogen) atoms.